The molecule has 1 aromatic rings. The molecule has 3 heteroatoms. The molecule has 0 atom stereocenters. The smallest absolute Gasteiger partial charge is 0.163 e. The van der Waals surface area contributed by atoms with Crippen molar-refractivity contribution in [3.63, 3.8) is 0 Å². The number of carbonyl (C=O) groups is 1. The summed E-state index contributed by atoms with van der Waals surface area (Å²) in [6, 6.07) is 3.95. The molecule has 1 heterocycles. The Hall–Kier alpha value is -1.35. The van der Waals surface area contributed by atoms with Gasteiger partial charge >= 0.3 is 0 Å². The molecule has 2 N–H and O–H groups in total. The Morgan fingerprint density at radius 1 is 1.50 bits per heavy atom. The minimum atomic E-state index is 0.192. The van der Waals surface area contributed by atoms with Crippen molar-refractivity contribution in [3.05, 3.63) is 28.8 Å². The monoisotopic (exact) mass is 219 g/mol. The molecule has 86 valence electrons. The van der Waals surface area contributed by atoms with E-state index in [0.29, 0.717) is 13.0 Å². The number of fused-ring (bicyclic) bond motifs is 1. The summed E-state index contributed by atoms with van der Waals surface area (Å²) in [5.74, 6) is 1.13. The van der Waals surface area contributed by atoms with E-state index in [4.69, 9.17) is 10.5 Å². The van der Waals surface area contributed by atoms with Gasteiger partial charge in [-0.3, -0.25) is 4.79 Å². The molecule has 0 fully saturated rings. The van der Waals surface area contributed by atoms with Gasteiger partial charge in [0.2, 0.25) is 0 Å². The molecule has 0 unspecified atom stereocenters. The van der Waals surface area contributed by atoms with E-state index in [9.17, 15) is 4.79 Å². The van der Waals surface area contributed by atoms with E-state index < -0.39 is 0 Å². The fourth-order valence-corrected chi connectivity index (χ4v) is 2.02. The van der Waals surface area contributed by atoms with Gasteiger partial charge in [-0.05, 0) is 43.1 Å². The Bertz CT molecular complexity index is 413. The predicted molar refractivity (Wildman–Crippen MR) is 63.0 cm³/mol. The number of nitrogens with two attached hydrogens (primary N) is 1. The van der Waals surface area contributed by atoms with Crippen LogP contribution in [-0.4, -0.2) is 18.9 Å². The van der Waals surface area contributed by atoms with Gasteiger partial charge in [-0.25, -0.2) is 0 Å². The maximum absolute atomic E-state index is 11.9. The maximum Gasteiger partial charge on any atom is 0.163 e. The van der Waals surface area contributed by atoms with E-state index in [2.05, 4.69) is 0 Å². The highest BCUT2D eigenvalue weighted by Crippen LogP contribution is 2.29. The van der Waals surface area contributed by atoms with Gasteiger partial charge < -0.3 is 10.5 Å². The second-order valence-electron chi connectivity index (χ2n) is 4.19. The first-order valence-electron chi connectivity index (χ1n) is 5.72. The fraction of sp³-hybridized carbons (Fsp3) is 0.462. The van der Waals surface area contributed by atoms with Crippen LogP contribution in [-0.2, 0) is 6.42 Å². The Morgan fingerprint density at radius 2 is 2.31 bits per heavy atom. The van der Waals surface area contributed by atoms with Gasteiger partial charge in [-0.1, -0.05) is 0 Å². The molecule has 0 aromatic heterocycles. The Morgan fingerprint density at radius 3 is 3.06 bits per heavy atom. The normalized spacial score (nSPS) is 13.4. The van der Waals surface area contributed by atoms with E-state index in [1.165, 1.54) is 0 Å². The largest absolute Gasteiger partial charge is 0.493 e. The number of hydrogen-bond donors (Lipinski definition) is 1. The lowest BCUT2D eigenvalue weighted by molar-refractivity contribution is 0.0980. The quantitative estimate of drug-likeness (QED) is 0.786. The second-order valence-corrected chi connectivity index (χ2v) is 4.19. The first-order valence-corrected chi connectivity index (χ1v) is 5.72. The minimum absolute atomic E-state index is 0.192. The molecule has 1 aliphatic rings. The maximum atomic E-state index is 11.9. The van der Waals surface area contributed by atoms with Gasteiger partial charge in [0.05, 0.1) is 6.61 Å². The molecule has 16 heavy (non-hydrogen) atoms. The first-order chi connectivity index (χ1) is 7.72. The Kier molecular flexibility index (Phi) is 3.25. The third-order valence-corrected chi connectivity index (χ3v) is 2.94. The number of hydrogen-bond acceptors (Lipinski definition) is 3. The molecule has 2 rings (SSSR count). The third kappa shape index (κ3) is 2.09. The van der Waals surface area contributed by atoms with Gasteiger partial charge in [-0.2, -0.15) is 0 Å². The third-order valence-electron chi connectivity index (χ3n) is 2.94. The van der Waals surface area contributed by atoms with Crippen LogP contribution in [0.25, 0.3) is 0 Å². The summed E-state index contributed by atoms with van der Waals surface area (Å²) in [6.45, 7) is 3.26. The van der Waals surface area contributed by atoms with E-state index in [0.717, 1.165) is 41.9 Å². The standard InChI is InChI=1S/C13H17NO2/c1-9-7-13-10(4-6-16-13)8-11(9)12(15)3-2-5-14/h7-8H,2-6,14H2,1H3. The second kappa shape index (κ2) is 4.66. The SMILES string of the molecule is Cc1cc2c(cc1C(=O)CCCN)CCO2. The van der Waals surface area contributed by atoms with Gasteiger partial charge in [0.1, 0.15) is 5.75 Å². The zero-order valence-corrected chi connectivity index (χ0v) is 9.58. The highest BCUT2D eigenvalue weighted by molar-refractivity contribution is 5.97. The van der Waals surface area contributed by atoms with Crippen molar-refractivity contribution < 1.29 is 9.53 Å². The van der Waals surface area contributed by atoms with Crippen LogP contribution in [0.1, 0.15) is 34.3 Å². The highest BCUT2D eigenvalue weighted by atomic mass is 16.5. The van der Waals surface area contributed by atoms with Crippen molar-refractivity contribution in [2.45, 2.75) is 26.2 Å². The summed E-state index contributed by atoms with van der Waals surface area (Å²) < 4.78 is 5.46. The van der Waals surface area contributed by atoms with Crippen LogP contribution in [0.3, 0.4) is 0 Å². The van der Waals surface area contributed by atoms with E-state index >= 15 is 0 Å². The number of ketones is 1. The number of Topliss-reactive ketones (excluding diaryl/α,β-unsaturated/α-hetero) is 1. The van der Waals surface area contributed by atoms with Crippen LogP contribution in [0.15, 0.2) is 12.1 Å². The van der Waals surface area contributed by atoms with Crippen LogP contribution in [0.5, 0.6) is 5.75 Å². The van der Waals surface area contributed by atoms with E-state index in [1.807, 2.05) is 19.1 Å². The van der Waals surface area contributed by atoms with Gasteiger partial charge in [0.25, 0.3) is 0 Å². The van der Waals surface area contributed by atoms with Gasteiger partial charge in [-0.15, -0.1) is 0 Å². The molecular weight excluding hydrogens is 202 g/mol. The minimum Gasteiger partial charge on any atom is -0.493 e. The lowest BCUT2D eigenvalue weighted by Gasteiger charge is -2.07. The molecule has 0 aliphatic carbocycles. The van der Waals surface area contributed by atoms with Crippen molar-refractivity contribution in [1.29, 1.82) is 0 Å². The fourth-order valence-electron chi connectivity index (χ4n) is 2.02. The van der Waals surface area contributed by atoms with Crippen molar-refractivity contribution in [2.24, 2.45) is 5.73 Å². The summed E-state index contributed by atoms with van der Waals surface area (Å²) in [5, 5.41) is 0. The molecule has 1 aromatic carbocycles. The van der Waals surface area contributed by atoms with Crippen molar-refractivity contribution >= 4 is 5.78 Å². The number of aryl methyl sites for hydroxylation is 1. The van der Waals surface area contributed by atoms with Gasteiger partial charge in [0, 0.05) is 18.4 Å². The molecule has 0 radical (unpaired) electrons. The molecule has 0 spiro atoms. The summed E-state index contributed by atoms with van der Waals surface area (Å²) in [7, 11) is 0. The van der Waals surface area contributed by atoms with Gasteiger partial charge in [0.15, 0.2) is 5.78 Å². The van der Waals surface area contributed by atoms with E-state index in [-0.39, 0.29) is 5.78 Å². The summed E-state index contributed by atoms with van der Waals surface area (Å²) in [5.41, 5.74) is 8.40. The topological polar surface area (TPSA) is 52.3 Å². The lowest BCUT2D eigenvalue weighted by atomic mass is 9.98. The molecule has 0 amide bonds. The van der Waals surface area contributed by atoms with Crippen molar-refractivity contribution in [1.82, 2.24) is 0 Å². The van der Waals surface area contributed by atoms with Crippen LogP contribution >= 0.6 is 0 Å². The molecule has 0 saturated carbocycles. The molecule has 0 saturated heterocycles. The Labute approximate surface area is 95.6 Å². The Balaban J connectivity index is 2.24. The zero-order valence-electron chi connectivity index (χ0n) is 9.58. The number of rotatable bonds is 4. The van der Waals surface area contributed by atoms with Crippen molar-refractivity contribution in [2.75, 3.05) is 13.2 Å². The van der Waals surface area contributed by atoms with Crippen molar-refractivity contribution in [3.8, 4) is 5.75 Å². The molecule has 0 bridgehead atoms. The van der Waals surface area contributed by atoms with Crippen LogP contribution in [0, 0.1) is 6.92 Å². The predicted octanol–water partition coefficient (Wildman–Crippen LogP) is 1.85. The number of carbonyl (C=O) groups excluding carboxylic acids is 1. The van der Waals surface area contributed by atoms with Crippen LogP contribution in [0.2, 0.25) is 0 Å². The molecule has 1 aliphatic heterocycles. The molecular formula is C13H17NO2. The summed E-state index contributed by atoms with van der Waals surface area (Å²) in [6.07, 6.45) is 2.20. The number of benzene rings is 1. The van der Waals surface area contributed by atoms with E-state index in [1.54, 1.807) is 0 Å². The summed E-state index contributed by atoms with van der Waals surface area (Å²) in [4.78, 5) is 11.9. The molecule has 3 nitrogen and oxygen atoms in total. The van der Waals surface area contributed by atoms with Crippen LogP contribution < -0.4 is 10.5 Å². The average molecular weight is 219 g/mol. The highest BCUT2D eigenvalue weighted by Gasteiger charge is 2.17. The van der Waals surface area contributed by atoms with Crippen LogP contribution in [0.4, 0.5) is 0 Å². The average Bonchev–Trinajstić information content (AvgIpc) is 2.71. The first kappa shape index (κ1) is 11.1. The zero-order chi connectivity index (χ0) is 11.5. The number of ether oxygens (including phenoxy) is 1. The summed E-state index contributed by atoms with van der Waals surface area (Å²) >= 11 is 0. The lowest BCUT2D eigenvalue weighted by Crippen LogP contribution is -2.06.